The molecule has 0 radical (unpaired) electrons. The molecule has 2 rings (SSSR count). The number of hydrogen-bond acceptors (Lipinski definition) is 3. The summed E-state index contributed by atoms with van der Waals surface area (Å²) in [4.78, 5) is 15.7. The van der Waals surface area contributed by atoms with Gasteiger partial charge in [-0.05, 0) is 34.1 Å². The Morgan fingerprint density at radius 1 is 1.32 bits per heavy atom. The van der Waals surface area contributed by atoms with Crippen molar-refractivity contribution in [1.82, 2.24) is 4.98 Å². The van der Waals surface area contributed by atoms with Gasteiger partial charge in [-0.2, -0.15) is 0 Å². The van der Waals surface area contributed by atoms with E-state index in [1.807, 2.05) is 0 Å². The largest absolute Gasteiger partial charge is 0.399 e. The van der Waals surface area contributed by atoms with Gasteiger partial charge in [0.1, 0.15) is 11.5 Å². The van der Waals surface area contributed by atoms with Crippen molar-refractivity contribution in [3.8, 4) is 0 Å². The van der Waals surface area contributed by atoms with Gasteiger partial charge in [0.2, 0.25) is 0 Å². The summed E-state index contributed by atoms with van der Waals surface area (Å²) in [5.41, 5.74) is 5.76. The minimum atomic E-state index is -0.885. The summed E-state index contributed by atoms with van der Waals surface area (Å²) in [6.07, 6.45) is 1.36. The van der Waals surface area contributed by atoms with Crippen LogP contribution in [-0.2, 0) is 0 Å². The van der Waals surface area contributed by atoms with Crippen LogP contribution in [0.4, 0.5) is 20.2 Å². The highest BCUT2D eigenvalue weighted by atomic mass is 79.9. The van der Waals surface area contributed by atoms with E-state index < -0.39 is 17.5 Å². The van der Waals surface area contributed by atoms with E-state index >= 15 is 0 Å². The molecular formula is C12H8BrF2N3O. The van der Waals surface area contributed by atoms with E-state index in [-0.39, 0.29) is 15.9 Å². The van der Waals surface area contributed by atoms with Gasteiger partial charge >= 0.3 is 0 Å². The van der Waals surface area contributed by atoms with Crippen molar-refractivity contribution in [2.45, 2.75) is 0 Å². The van der Waals surface area contributed by atoms with Crippen LogP contribution in [0.15, 0.2) is 34.9 Å². The molecule has 1 aromatic heterocycles. The molecule has 1 heterocycles. The number of benzene rings is 1. The second kappa shape index (κ2) is 5.31. The first kappa shape index (κ1) is 13.4. The van der Waals surface area contributed by atoms with Crippen molar-refractivity contribution in [2.24, 2.45) is 0 Å². The highest BCUT2D eigenvalue weighted by Crippen LogP contribution is 2.27. The van der Waals surface area contributed by atoms with Crippen molar-refractivity contribution in [2.75, 3.05) is 11.1 Å². The third kappa shape index (κ3) is 3.05. The number of aromatic nitrogens is 1. The van der Waals surface area contributed by atoms with Crippen LogP contribution in [0.3, 0.4) is 0 Å². The molecule has 98 valence electrons. The number of pyridine rings is 1. The molecule has 19 heavy (non-hydrogen) atoms. The Morgan fingerprint density at radius 3 is 2.68 bits per heavy atom. The molecule has 3 N–H and O–H groups in total. The number of amides is 1. The van der Waals surface area contributed by atoms with Crippen LogP contribution < -0.4 is 11.1 Å². The fourth-order valence-corrected chi connectivity index (χ4v) is 1.92. The van der Waals surface area contributed by atoms with Gasteiger partial charge in [-0.3, -0.25) is 9.78 Å². The predicted molar refractivity (Wildman–Crippen MR) is 70.7 cm³/mol. The van der Waals surface area contributed by atoms with Gasteiger partial charge in [-0.25, -0.2) is 8.78 Å². The zero-order chi connectivity index (χ0) is 14.0. The average molecular weight is 328 g/mol. The Balaban J connectivity index is 2.29. The Bertz CT molecular complexity index is 626. The van der Waals surface area contributed by atoms with Crippen molar-refractivity contribution < 1.29 is 13.6 Å². The summed E-state index contributed by atoms with van der Waals surface area (Å²) < 4.78 is 26.5. The summed E-state index contributed by atoms with van der Waals surface area (Å²) in [5.74, 6) is -2.27. The number of nitrogen functional groups attached to an aromatic ring is 1. The van der Waals surface area contributed by atoms with Crippen molar-refractivity contribution >= 4 is 33.2 Å². The summed E-state index contributed by atoms with van der Waals surface area (Å²) in [6, 6.07) is 4.59. The first-order valence-corrected chi connectivity index (χ1v) is 5.94. The maximum Gasteiger partial charge on any atom is 0.274 e. The van der Waals surface area contributed by atoms with Crippen LogP contribution >= 0.6 is 15.9 Å². The molecule has 0 atom stereocenters. The summed E-state index contributed by atoms with van der Waals surface area (Å²) in [6.45, 7) is 0. The smallest absolute Gasteiger partial charge is 0.274 e. The fraction of sp³-hybridized carbons (Fsp3) is 0. The van der Waals surface area contributed by atoms with E-state index in [9.17, 15) is 13.6 Å². The maximum atomic E-state index is 13.5. The first-order valence-electron chi connectivity index (χ1n) is 5.15. The van der Waals surface area contributed by atoms with E-state index in [4.69, 9.17) is 5.73 Å². The van der Waals surface area contributed by atoms with Gasteiger partial charge in [-0.1, -0.05) is 0 Å². The van der Waals surface area contributed by atoms with Crippen LogP contribution in [0.25, 0.3) is 0 Å². The van der Waals surface area contributed by atoms with Crippen LogP contribution in [0, 0.1) is 11.6 Å². The molecule has 0 fully saturated rings. The van der Waals surface area contributed by atoms with E-state index in [0.29, 0.717) is 11.8 Å². The fourth-order valence-electron chi connectivity index (χ4n) is 1.41. The molecule has 0 spiro atoms. The van der Waals surface area contributed by atoms with Crippen LogP contribution in [0.2, 0.25) is 0 Å². The van der Waals surface area contributed by atoms with Gasteiger partial charge in [0, 0.05) is 22.4 Å². The summed E-state index contributed by atoms with van der Waals surface area (Å²) >= 11 is 2.97. The Hall–Kier alpha value is -2.02. The minimum Gasteiger partial charge on any atom is -0.399 e. The first-order chi connectivity index (χ1) is 8.97. The molecule has 2 aromatic rings. The number of nitrogens with zero attached hydrogens (tertiary/aromatic N) is 1. The molecule has 0 aliphatic carbocycles. The molecule has 1 aromatic carbocycles. The minimum absolute atomic E-state index is 0.0376. The lowest BCUT2D eigenvalue weighted by atomic mass is 10.2. The number of nitrogens with two attached hydrogens (primary N) is 1. The number of halogens is 3. The molecule has 7 heteroatoms. The second-order valence-corrected chi connectivity index (χ2v) is 4.53. The Labute approximate surface area is 115 Å². The molecule has 0 unspecified atom stereocenters. The number of anilines is 2. The lowest BCUT2D eigenvalue weighted by Gasteiger charge is -2.08. The molecule has 0 aliphatic heterocycles. The van der Waals surface area contributed by atoms with Gasteiger partial charge in [0.25, 0.3) is 5.91 Å². The molecule has 0 aliphatic rings. The van der Waals surface area contributed by atoms with Crippen molar-refractivity contribution in [3.63, 3.8) is 0 Å². The number of carbonyl (C=O) groups is 1. The lowest BCUT2D eigenvalue weighted by Crippen LogP contribution is -2.15. The van der Waals surface area contributed by atoms with Gasteiger partial charge in [-0.15, -0.1) is 0 Å². The lowest BCUT2D eigenvalue weighted by molar-refractivity contribution is 0.102. The van der Waals surface area contributed by atoms with E-state index in [1.54, 1.807) is 0 Å². The van der Waals surface area contributed by atoms with E-state index in [0.717, 1.165) is 6.07 Å². The standard InChI is InChI=1S/C12H8BrF2N3O/c13-8-3-6(14)4-9(15)11(8)18-12(19)10-5-7(16)1-2-17-10/h1-5H,(H2,16,17)(H,18,19). The third-order valence-electron chi connectivity index (χ3n) is 2.26. The molecular weight excluding hydrogens is 320 g/mol. The van der Waals surface area contributed by atoms with Gasteiger partial charge < -0.3 is 11.1 Å². The predicted octanol–water partition coefficient (Wildman–Crippen LogP) is 2.96. The van der Waals surface area contributed by atoms with Crippen LogP contribution in [0.5, 0.6) is 0 Å². The number of hydrogen-bond donors (Lipinski definition) is 2. The summed E-state index contributed by atoms with van der Waals surface area (Å²) in [5, 5.41) is 2.30. The monoisotopic (exact) mass is 327 g/mol. The maximum absolute atomic E-state index is 13.5. The molecule has 0 saturated heterocycles. The molecule has 0 bridgehead atoms. The Kier molecular flexibility index (Phi) is 3.75. The Morgan fingerprint density at radius 2 is 2.05 bits per heavy atom. The number of nitrogens with one attached hydrogen (secondary N) is 1. The van der Waals surface area contributed by atoms with Gasteiger partial charge in [0.15, 0.2) is 5.82 Å². The van der Waals surface area contributed by atoms with E-state index in [2.05, 4.69) is 26.2 Å². The molecule has 0 saturated carbocycles. The van der Waals surface area contributed by atoms with Crippen molar-refractivity contribution in [1.29, 1.82) is 0 Å². The highest BCUT2D eigenvalue weighted by molar-refractivity contribution is 9.10. The summed E-state index contributed by atoms with van der Waals surface area (Å²) in [7, 11) is 0. The van der Waals surface area contributed by atoms with E-state index in [1.165, 1.54) is 18.3 Å². The number of rotatable bonds is 2. The quantitative estimate of drug-likeness (QED) is 0.891. The molecule has 1 amide bonds. The van der Waals surface area contributed by atoms with Crippen molar-refractivity contribution in [3.05, 3.63) is 52.3 Å². The zero-order valence-corrected chi connectivity index (χ0v) is 11.0. The molecule has 4 nitrogen and oxygen atoms in total. The average Bonchev–Trinajstić information content (AvgIpc) is 2.33. The SMILES string of the molecule is Nc1ccnc(C(=O)Nc2c(F)cc(F)cc2Br)c1. The van der Waals surface area contributed by atoms with Gasteiger partial charge in [0.05, 0.1) is 5.69 Å². The van der Waals surface area contributed by atoms with Crippen LogP contribution in [0.1, 0.15) is 10.5 Å². The topological polar surface area (TPSA) is 68.0 Å². The number of carbonyl (C=O) groups excluding carboxylic acids is 1. The second-order valence-electron chi connectivity index (χ2n) is 3.67. The highest BCUT2D eigenvalue weighted by Gasteiger charge is 2.14. The zero-order valence-electron chi connectivity index (χ0n) is 9.45. The normalized spacial score (nSPS) is 10.3. The third-order valence-corrected chi connectivity index (χ3v) is 2.89. The van der Waals surface area contributed by atoms with Crippen LogP contribution in [-0.4, -0.2) is 10.9 Å².